The summed E-state index contributed by atoms with van der Waals surface area (Å²) < 4.78 is 20.7. The van der Waals surface area contributed by atoms with E-state index >= 15 is 0 Å². The first-order valence-corrected chi connectivity index (χ1v) is 18.9. The molecular weight excluding hydrogens is 633 g/mol. The van der Waals surface area contributed by atoms with Gasteiger partial charge in [0.25, 0.3) is 14.2 Å². The molecule has 1 saturated heterocycles. The van der Waals surface area contributed by atoms with E-state index in [9.17, 15) is 4.79 Å². The van der Waals surface area contributed by atoms with E-state index in [-0.39, 0.29) is 16.5 Å². The molecule has 5 aromatic rings. The molecule has 1 fully saturated rings. The highest BCUT2D eigenvalue weighted by molar-refractivity contribution is 6.99. The number of nitrogens with one attached hydrogen (secondary N) is 1. The number of aromatic nitrogens is 4. The molecule has 2 aliphatic rings. The van der Waals surface area contributed by atoms with Crippen molar-refractivity contribution in [1.82, 2.24) is 20.0 Å². The Hall–Kier alpha value is -4.58. The second-order valence-electron chi connectivity index (χ2n) is 14.4. The summed E-state index contributed by atoms with van der Waals surface area (Å²) in [4.78, 5) is 20.6. The first kappa shape index (κ1) is 32.9. The largest absolute Gasteiger partial charge is 0.487 e. The van der Waals surface area contributed by atoms with Gasteiger partial charge in [0.05, 0.1) is 49.5 Å². The fourth-order valence-electron chi connectivity index (χ4n) is 7.26. The van der Waals surface area contributed by atoms with E-state index in [4.69, 9.17) is 13.9 Å². The van der Waals surface area contributed by atoms with Crippen LogP contribution in [0.3, 0.4) is 0 Å². The van der Waals surface area contributed by atoms with Gasteiger partial charge in [0, 0.05) is 37.3 Å². The highest BCUT2D eigenvalue weighted by Gasteiger charge is 2.50. The molecule has 254 valence electrons. The molecule has 4 heterocycles. The van der Waals surface area contributed by atoms with E-state index in [2.05, 4.69) is 109 Å². The van der Waals surface area contributed by atoms with Crippen LogP contribution in [0.5, 0.6) is 5.75 Å². The lowest BCUT2D eigenvalue weighted by Gasteiger charge is -2.43. The highest BCUT2D eigenvalue weighted by atomic mass is 28.4. The molecule has 7 rings (SSSR count). The third-order valence-electron chi connectivity index (χ3n) is 9.49. The minimum absolute atomic E-state index is 0.146. The van der Waals surface area contributed by atoms with Gasteiger partial charge in [-0.1, -0.05) is 86.6 Å². The molecule has 0 radical (unpaired) electrons. The fourth-order valence-corrected chi connectivity index (χ4v) is 11.8. The average molecular weight is 677 g/mol. The predicted octanol–water partition coefficient (Wildman–Crippen LogP) is 5.21. The zero-order chi connectivity index (χ0) is 34.2. The van der Waals surface area contributed by atoms with E-state index in [1.807, 2.05) is 24.3 Å². The van der Waals surface area contributed by atoms with Gasteiger partial charge in [0.2, 0.25) is 0 Å². The first-order valence-electron chi connectivity index (χ1n) is 17.0. The van der Waals surface area contributed by atoms with Crippen molar-refractivity contribution in [1.29, 1.82) is 0 Å². The number of ether oxygens (including phenoxy) is 2. The third-order valence-corrected chi connectivity index (χ3v) is 14.5. The minimum Gasteiger partial charge on any atom is -0.487 e. The van der Waals surface area contributed by atoms with E-state index in [0.717, 1.165) is 42.2 Å². The Labute approximate surface area is 288 Å². The van der Waals surface area contributed by atoms with Crippen molar-refractivity contribution in [2.45, 2.75) is 58.2 Å². The van der Waals surface area contributed by atoms with Crippen LogP contribution >= 0.6 is 0 Å². The van der Waals surface area contributed by atoms with Gasteiger partial charge in [-0.05, 0) is 35.3 Å². The summed E-state index contributed by atoms with van der Waals surface area (Å²) in [5.41, 5.74) is 3.95. The van der Waals surface area contributed by atoms with Gasteiger partial charge < -0.3 is 24.1 Å². The lowest BCUT2D eigenvalue weighted by molar-refractivity contribution is 0.102. The standard InChI is InChI=1S/C38H44N6O4Si/c1-37(2,3)49(28-12-8-6-9-13-28,29-14-10-7-11-15-29)47-21-18-44-33-26-39-25-30(35(33)41-42-44)36(45)40-31-22-27-24-38(4,5)48-34(27)23-32(31)43-16-19-46-20-17-43/h6-15,22-23,25-26H,16-21,24H2,1-5H3,(H,40,45). The maximum Gasteiger partial charge on any atom is 0.261 e. The number of amides is 1. The Kier molecular flexibility index (Phi) is 8.76. The van der Waals surface area contributed by atoms with Gasteiger partial charge in [-0.15, -0.1) is 5.10 Å². The predicted molar refractivity (Wildman–Crippen MR) is 195 cm³/mol. The lowest BCUT2D eigenvalue weighted by atomic mass is 10.0. The van der Waals surface area contributed by atoms with E-state index in [0.29, 0.717) is 43.0 Å². The Balaban J connectivity index is 1.15. The Morgan fingerprint density at radius 3 is 2.31 bits per heavy atom. The van der Waals surface area contributed by atoms with Crippen LogP contribution in [0, 0.1) is 0 Å². The van der Waals surface area contributed by atoms with Gasteiger partial charge in [-0.3, -0.25) is 9.78 Å². The molecular formula is C38H44N6O4Si. The molecule has 0 spiro atoms. The first-order chi connectivity index (χ1) is 23.6. The smallest absolute Gasteiger partial charge is 0.261 e. The molecule has 0 bridgehead atoms. The van der Waals surface area contributed by atoms with Gasteiger partial charge in [0.15, 0.2) is 0 Å². The van der Waals surface area contributed by atoms with Crippen molar-refractivity contribution in [3.63, 3.8) is 0 Å². The topological polar surface area (TPSA) is 104 Å². The molecule has 1 amide bonds. The SMILES string of the molecule is CC1(C)Cc2cc(NC(=O)c3cncc4c3nnn4CCO[Si](c3ccccc3)(c3ccccc3)C(C)(C)C)c(N3CCOCC3)cc2O1. The number of hydrogen-bond acceptors (Lipinski definition) is 8. The van der Waals surface area contributed by atoms with Crippen LogP contribution in [0.4, 0.5) is 11.4 Å². The summed E-state index contributed by atoms with van der Waals surface area (Å²) in [7, 11) is -2.72. The quantitative estimate of drug-likeness (QED) is 0.213. The van der Waals surface area contributed by atoms with Gasteiger partial charge in [-0.2, -0.15) is 0 Å². The second kappa shape index (κ2) is 13.0. The maximum atomic E-state index is 13.9. The molecule has 2 aromatic heterocycles. The molecule has 1 N–H and O–H groups in total. The number of carbonyl (C=O) groups excluding carboxylic acids is 1. The summed E-state index contributed by atoms with van der Waals surface area (Å²) in [6.45, 7) is 14.5. The maximum absolute atomic E-state index is 13.9. The van der Waals surface area contributed by atoms with E-state index in [1.54, 1.807) is 17.1 Å². The third kappa shape index (κ3) is 6.34. The zero-order valence-corrected chi connectivity index (χ0v) is 29.9. The van der Waals surface area contributed by atoms with Crippen LogP contribution in [0.1, 0.15) is 50.5 Å². The summed E-state index contributed by atoms with van der Waals surface area (Å²) in [6.07, 6.45) is 4.03. The van der Waals surface area contributed by atoms with Crippen molar-refractivity contribution in [2.24, 2.45) is 0 Å². The molecule has 0 atom stereocenters. The fraction of sp³-hybridized carbons (Fsp3) is 0.368. The number of hydrogen-bond donors (Lipinski definition) is 1. The molecule has 3 aromatic carbocycles. The molecule has 11 heteroatoms. The number of anilines is 2. The van der Waals surface area contributed by atoms with Crippen LogP contribution < -0.4 is 25.3 Å². The summed E-state index contributed by atoms with van der Waals surface area (Å²) in [5.74, 6) is 0.567. The summed E-state index contributed by atoms with van der Waals surface area (Å²) >= 11 is 0. The summed E-state index contributed by atoms with van der Waals surface area (Å²) in [5, 5.41) is 14.4. The molecule has 0 unspecified atom stereocenters. The van der Waals surface area contributed by atoms with Crippen LogP contribution in [-0.4, -0.2) is 72.7 Å². The molecule has 49 heavy (non-hydrogen) atoms. The van der Waals surface area contributed by atoms with Crippen molar-refractivity contribution in [2.75, 3.05) is 43.1 Å². The van der Waals surface area contributed by atoms with E-state index in [1.165, 1.54) is 10.4 Å². The van der Waals surface area contributed by atoms with Crippen LogP contribution in [0.25, 0.3) is 11.0 Å². The highest BCUT2D eigenvalue weighted by Crippen LogP contribution is 2.42. The zero-order valence-electron chi connectivity index (χ0n) is 28.9. The molecule has 10 nitrogen and oxygen atoms in total. The van der Waals surface area contributed by atoms with Gasteiger partial charge in [0.1, 0.15) is 22.4 Å². The van der Waals surface area contributed by atoms with Crippen molar-refractivity contribution < 1.29 is 18.7 Å². The average Bonchev–Trinajstić information content (AvgIpc) is 3.65. The number of nitrogens with zero attached hydrogens (tertiary/aromatic N) is 5. The van der Waals surface area contributed by atoms with Crippen molar-refractivity contribution >= 4 is 47.0 Å². The Bertz CT molecular complexity index is 1910. The lowest BCUT2D eigenvalue weighted by Crippen LogP contribution is -2.66. The Morgan fingerprint density at radius 2 is 1.65 bits per heavy atom. The second-order valence-corrected chi connectivity index (χ2v) is 18.8. The summed E-state index contributed by atoms with van der Waals surface area (Å²) in [6, 6.07) is 25.2. The normalized spacial score (nSPS) is 16.0. The molecule has 0 saturated carbocycles. The van der Waals surface area contributed by atoms with Crippen LogP contribution in [0.2, 0.25) is 5.04 Å². The van der Waals surface area contributed by atoms with Gasteiger partial charge >= 0.3 is 0 Å². The van der Waals surface area contributed by atoms with E-state index < -0.39 is 8.32 Å². The number of morpholine rings is 1. The van der Waals surface area contributed by atoms with Crippen molar-refractivity contribution in [3.05, 3.63) is 96.3 Å². The molecule has 0 aliphatic carbocycles. The van der Waals surface area contributed by atoms with Crippen molar-refractivity contribution in [3.8, 4) is 5.75 Å². The monoisotopic (exact) mass is 676 g/mol. The van der Waals surface area contributed by atoms with Gasteiger partial charge in [-0.25, -0.2) is 4.68 Å². The number of carbonyl (C=O) groups is 1. The number of fused-ring (bicyclic) bond motifs is 2. The minimum atomic E-state index is -2.72. The molecule has 2 aliphatic heterocycles. The van der Waals surface area contributed by atoms with Crippen LogP contribution in [0.15, 0.2) is 85.2 Å². The number of rotatable bonds is 9. The number of pyridine rings is 1. The Morgan fingerprint density at radius 1 is 0.980 bits per heavy atom. The number of benzene rings is 3. The van der Waals surface area contributed by atoms with Crippen LogP contribution in [-0.2, 0) is 22.1 Å².